The van der Waals surface area contributed by atoms with Crippen LogP contribution in [0.1, 0.15) is 39.5 Å². The van der Waals surface area contributed by atoms with Crippen LogP contribution >= 0.6 is 0 Å². The van der Waals surface area contributed by atoms with Crippen molar-refractivity contribution in [3.05, 3.63) is 23.3 Å². The lowest BCUT2D eigenvalue weighted by molar-refractivity contribution is -0.148. The van der Waals surface area contributed by atoms with E-state index in [0.717, 1.165) is 12.8 Å². The smallest absolute Gasteiger partial charge is 0.334 e. The standard InChI is InChI=1S/C16H22O6/c1-10(2)11(3)15(19)21-8-9-22-16(20)13-7-5-4-6-12(13)14(17)18/h10H,3-9H2,1-2H3,(H,17,18). The summed E-state index contributed by atoms with van der Waals surface area (Å²) in [5.74, 6) is -2.25. The molecule has 1 N–H and O–H groups in total. The van der Waals surface area contributed by atoms with Crippen molar-refractivity contribution in [1.29, 1.82) is 0 Å². The van der Waals surface area contributed by atoms with Crippen LogP contribution in [0.15, 0.2) is 23.3 Å². The van der Waals surface area contributed by atoms with Crippen molar-refractivity contribution in [2.24, 2.45) is 5.92 Å². The highest BCUT2D eigenvalue weighted by Gasteiger charge is 2.24. The van der Waals surface area contributed by atoms with Gasteiger partial charge in [-0.25, -0.2) is 14.4 Å². The molecule has 22 heavy (non-hydrogen) atoms. The molecule has 0 saturated carbocycles. The summed E-state index contributed by atoms with van der Waals surface area (Å²) < 4.78 is 9.91. The second kappa shape index (κ2) is 8.36. The molecule has 1 rings (SSSR count). The number of rotatable bonds is 7. The molecule has 1 aliphatic rings. The number of carbonyl (C=O) groups is 3. The van der Waals surface area contributed by atoms with E-state index in [9.17, 15) is 14.4 Å². The van der Waals surface area contributed by atoms with Gasteiger partial charge in [0.25, 0.3) is 0 Å². The molecule has 0 aromatic heterocycles. The molecule has 6 heteroatoms. The predicted molar refractivity (Wildman–Crippen MR) is 79.0 cm³/mol. The summed E-state index contributed by atoms with van der Waals surface area (Å²) in [6.07, 6.45) is 2.31. The molecule has 0 spiro atoms. The van der Waals surface area contributed by atoms with Gasteiger partial charge in [-0.1, -0.05) is 20.4 Å². The van der Waals surface area contributed by atoms with E-state index in [1.807, 2.05) is 13.8 Å². The third-order valence-corrected chi connectivity index (χ3v) is 3.48. The number of ether oxygens (including phenoxy) is 2. The number of hydrogen-bond acceptors (Lipinski definition) is 5. The van der Waals surface area contributed by atoms with Crippen LogP contribution in [0, 0.1) is 5.92 Å². The lowest BCUT2D eigenvalue weighted by Gasteiger charge is -2.16. The van der Waals surface area contributed by atoms with Crippen LogP contribution in [0.3, 0.4) is 0 Å². The zero-order chi connectivity index (χ0) is 16.7. The molecule has 0 radical (unpaired) electrons. The molecule has 6 nitrogen and oxygen atoms in total. The van der Waals surface area contributed by atoms with Crippen LogP contribution in [0.5, 0.6) is 0 Å². The molecule has 0 saturated heterocycles. The fraction of sp³-hybridized carbons (Fsp3) is 0.562. The number of hydrogen-bond donors (Lipinski definition) is 1. The Balaban J connectivity index is 2.45. The third-order valence-electron chi connectivity index (χ3n) is 3.48. The Labute approximate surface area is 129 Å². The van der Waals surface area contributed by atoms with Gasteiger partial charge >= 0.3 is 17.9 Å². The summed E-state index contributed by atoms with van der Waals surface area (Å²) in [5, 5.41) is 9.07. The molecule has 0 aromatic rings. The van der Waals surface area contributed by atoms with Crippen molar-refractivity contribution in [2.45, 2.75) is 39.5 Å². The molecule has 0 aromatic carbocycles. The van der Waals surface area contributed by atoms with Crippen LogP contribution in [0.2, 0.25) is 0 Å². The normalized spacial score (nSPS) is 14.7. The van der Waals surface area contributed by atoms with Gasteiger partial charge in [0.05, 0.1) is 0 Å². The van der Waals surface area contributed by atoms with Crippen LogP contribution < -0.4 is 0 Å². The van der Waals surface area contributed by atoms with E-state index < -0.39 is 17.9 Å². The van der Waals surface area contributed by atoms with Crippen molar-refractivity contribution in [1.82, 2.24) is 0 Å². The fourth-order valence-corrected chi connectivity index (χ4v) is 2.05. The highest BCUT2D eigenvalue weighted by molar-refractivity contribution is 5.99. The van der Waals surface area contributed by atoms with Gasteiger partial charge in [0, 0.05) is 16.7 Å². The fourth-order valence-electron chi connectivity index (χ4n) is 2.05. The molecule has 0 aliphatic heterocycles. The van der Waals surface area contributed by atoms with Crippen LogP contribution in [0.25, 0.3) is 0 Å². The molecular formula is C16H22O6. The molecule has 0 bridgehead atoms. The van der Waals surface area contributed by atoms with Gasteiger partial charge in [0.1, 0.15) is 13.2 Å². The topological polar surface area (TPSA) is 89.9 Å². The lowest BCUT2D eigenvalue weighted by atomic mass is 9.92. The van der Waals surface area contributed by atoms with Crippen LogP contribution in [-0.2, 0) is 23.9 Å². The van der Waals surface area contributed by atoms with E-state index in [1.165, 1.54) is 0 Å². The predicted octanol–water partition coefficient (Wildman–Crippen LogP) is 2.24. The van der Waals surface area contributed by atoms with Gasteiger partial charge in [-0.3, -0.25) is 0 Å². The summed E-state index contributed by atoms with van der Waals surface area (Å²) >= 11 is 0. The minimum absolute atomic E-state index is 0.0134. The highest BCUT2D eigenvalue weighted by Crippen LogP contribution is 2.25. The lowest BCUT2D eigenvalue weighted by Crippen LogP contribution is -2.20. The number of carbonyl (C=O) groups excluding carboxylic acids is 2. The molecule has 122 valence electrons. The largest absolute Gasteiger partial charge is 0.478 e. The molecule has 0 unspecified atom stereocenters. The number of carboxylic acid groups (broad SMARTS) is 1. The monoisotopic (exact) mass is 310 g/mol. The number of aliphatic carboxylic acids is 1. The van der Waals surface area contributed by atoms with E-state index in [2.05, 4.69) is 6.58 Å². The Hall–Kier alpha value is -2.11. The zero-order valence-corrected chi connectivity index (χ0v) is 13.0. The van der Waals surface area contributed by atoms with Crippen molar-refractivity contribution < 1.29 is 29.0 Å². The minimum Gasteiger partial charge on any atom is -0.478 e. The van der Waals surface area contributed by atoms with Crippen molar-refractivity contribution in [3.8, 4) is 0 Å². The number of esters is 2. The Morgan fingerprint density at radius 1 is 1.09 bits per heavy atom. The van der Waals surface area contributed by atoms with Crippen LogP contribution in [-0.4, -0.2) is 36.2 Å². The first-order valence-electron chi connectivity index (χ1n) is 7.33. The maximum atomic E-state index is 11.9. The van der Waals surface area contributed by atoms with E-state index in [0.29, 0.717) is 18.4 Å². The second-order valence-electron chi connectivity index (χ2n) is 5.42. The maximum Gasteiger partial charge on any atom is 0.334 e. The van der Waals surface area contributed by atoms with Gasteiger partial charge in [-0.2, -0.15) is 0 Å². The van der Waals surface area contributed by atoms with E-state index in [4.69, 9.17) is 14.6 Å². The van der Waals surface area contributed by atoms with Crippen LogP contribution in [0.4, 0.5) is 0 Å². The molecule has 0 atom stereocenters. The average molecular weight is 310 g/mol. The third kappa shape index (κ3) is 5.02. The Kier molecular flexibility index (Phi) is 6.82. The maximum absolute atomic E-state index is 11.9. The first kappa shape index (κ1) is 17.9. The van der Waals surface area contributed by atoms with E-state index in [1.54, 1.807) is 0 Å². The Bertz CT molecular complexity index is 501. The summed E-state index contributed by atoms with van der Waals surface area (Å²) in [4.78, 5) is 34.5. The Morgan fingerprint density at radius 3 is 2.18 bits per heavy atom. The summed E-state index contributed by atoms with van der Waals surface area (Å²) in [6, 6.07) is 0. The minimum atomic E-state index is -1.08. The number of carboxylic acids is 1. The van der Waals surface area contributed by atoms with Crippen molar-refractivity contribution in [2.75, 3.05) is 13.2 Å². The van der Waals surface area contributed by atoms with E-state index in [-0.39, 0.29) is 30.3 Å². The van der Waals surface area contributed by atoms with Gasteiger partial charge in [-0.05, 0) is 31.6 Å². The summed E-state index contributed by atoms with van der Waals surface area (Å²) in [5.41, 5.74) is 0.701. The van der Waals surface area contributed by atoms with Gasteiger partial charge < -0.3 is 14.6 Å². The van der Waals surface area contributed by atoms with Gasteiger partial charge in [0.15, 0.2) is 0 Å². The SMILES string of the molecule is C=C(C(=O)OCCOC(=O)C1=C(C(=O)O)CCCC1)C(C)C. The quantitative estimate of drug-likeness (QED) is 0.440. The summed E-state index contributed by atoms with van der Waals surface area (Å²) in [7, 11) is 0. The molecule has 0 fully saturated rings. The molecule has 0 amide bonds. The van der Waals surface area contributed by atoms with Gasteiger partial charge in [0.2, 0.25) is 0 Å². The average Bonchev–Trinajstić information content (AvgIpc) is 2.50. The highest BCUT2D eigenvalue weighted by atomic mass is 16.6. The molecule has 0 heterocycles. The van der Waals surface area contributed by atoms with Crippen molar-refractivity contribution in [3.63, 3.8) is 0 Å². The first-order valence-corrected chi connectivity index (χ1v) is 7.33. The summed E-state index contributed by atoms with van der Waals surface area (Å²) in [6.45, 7) is 7.09. The van der Waals surface area contributed by atoms with Crippen molar-refractivity contribution >= 4 is 17.9 Å². The second-order valence-corrected chi connectivity index (χ2v) is 5.42. The van der Waals surface area contributed by atoms with E-state index >= 15 is 0 Å². The Morgan fingerprint density at radius 2 is 1.64 bits per heavy atom. The van der Waals surface area contributed by atoms with Gasteiger partial charge in [-0.15, -0.1) is 0 Å². The molecule has 1 aliphatic carbocycles. The molecular weight excluding hydrogens is 288 g/mol. The zero-order valence-electron chi connectivity index (χ0n) is 13.0. The first-order chi connectivity index (χ1) is 10.3.